The van der Waals surface area contributed by atoms with Crippen molar-refractivity contribution >= 4 is 5.97 Å². The van der Waals surface area contributed by atoms with Crippen LogP contribution in [-0.4, -0.2) is 26.8 Å². The minimum Gasteiger partial charge on any atom is -0.497 e. The Bertz CT molecular complexity index is 868. The molecule has 33 heavy (non-hydrogen) atoms. The lowest BCUT2D eigenvalue weighted by Crippen LogP contribution is -2.07. The Labute approximate surface area is 201 Å². The first-order valence-corrected chi connectivity index (χ1v) is 11.8. The minimum absolute atomic E-state index is 0.249. The van der Waals surface area contributed by atoms with E-state index in [1.165, 1.54) is 29.4 Å². The van der Waals surface area contributed by atoms with E-state index in [0.29, 0.717) is 17.1 Å². The smallest absolute Gasteiger partial charge is 0.342 e. The highest BCUT2D eigenvalue weighted by atomic mass is 16.5. The number of carbonyl (C=O) groups excluding carboxylic acids is 1. The Kier molecular flexibility index (Phi) is 13.7. The van der Waals surface area contributed by atoms with Crippen LogP contribution in [0, 0.1) is 0 Å². The maximum absolute atomic E-state index is 12.4. The molecule has 0 unspecified atom stereocenters. The van der Waals surface area contributed by atoms with E-state index in [1.54, 1.807) is 25.3 Å². The summed E-state index contributed by atoms with van der Waals surface area (Å²) >= 11 is 0. The zero-order valence-electron chi connectivity index (χ0n) is 21.6. The number of allylic oxidation sites excluding steroid dienone is 7. The van der Waals surface area contributed by atoms with Crippen LogP contribution in [0.4, 0.5) is 0 Å². The molecular formula is C29H42O4. The molecule has 0 amide bonds. The van der Waals surface area contributed by atoms with Crippen LogP contribution in [0.15, 0.2) is 64.8 Å². The van der Waals surface area contributed by atoms with Gasteiger partial charge >= 0.3 is 5.97 Å². The average molecular weight is 455 g/mol. The molecule has 1 aromatic carbocycles. The van der Waals surface area contributed by atoms with Gasteiger partial charge in [-0.25, -0.2) is 4.79 Å². The van der Waals surface area contributed by atoms with Crippen molar-refractivity contribution in [3.05, 3.63) is 70.4 Å². The highest BCUT2D eigenvalue weighted by Gasteiger charge is 2.14. The molecule has 1 aromatic rings. The van der Waals surface area contributed by atoms with Crippen LogP contribution in [0.5, 0.6) is 11.5 Å². The van der Waals surface area contributed by atoms with Gasteiger partial charge in [0.2, 0.25) is 0 Å². The highest BCUT2D eigenvalue weighted by molar-refractivity contribution is 5.92. The Morgan fingerprint density at radius 2 is 1.30 bits per heavy atom. The van der Waals surface area contributed by atoms with E-state index in [-0.39, 0.29) is 6.61 Å². The van der Waals surface area contributed by atoms with Crippen LogP contribution in [0.1, 0.15) is 83.5 Å². The molecule has 4 heteroatoms. The summed E-state index contributed by atoms with van der Waals surface area (Å²) in [7, 11) is 3.10. The Morgan fingerprint density at radius 1 is 0.758 bits per heavy atom. The number of esters is 1. The summed E-state index contributed by atoms with van der Waals surface area (Å²) in [6.07, 6.45) is 15.4. The van der Waals surface area contributed by atoms with E-state index >= 15 is 0 Å². The number of hydrogen-bond donors (Lipinski definition) is 0. The van der Waals surface area contributed by atoms with Crippen molar-refractivity contribution in [3.63, 3.8) is 0 Å². The van der Waals surface area contributed by atoms with Crippen molar-refractivity contribution in [2.24, 2.45) is 0 Å². The van der Waals surface area contributed by atoms with Crippen molar-refractivity contribution < 1.29 is 19.0 Å². The fraction of sp³-hybridized carbons (Fsp3) is 0.483. The number of ether oxygens (including phenoxy) is 3. The molecular weight excluding hydrogens is 412 g/mol. The first kappa shape index (κ1) is 28.3. The molecule has 0 aliphatic carbocycles. The highest BCUT2D eigenvalue weighted by Crippen LogP contribution is 2.25. The number of carbonyl (C=O) groups is 1. The summed E-state index contributed by atoms with van der Waals surface area (Å²) in [6.45, 7) is 11.1. The van der Waals surface area contributed by atoms with Crippen LogP contribution < -0.4 is 9.47 Å². The minimum atomic E-state index is -0.404. The van der Waals surface area contributed by atoms with Gasteiger partial charge in [0, 0.05) is 6.07 Å². The first-order valence-electron chi connectivity index (χ1n) is 11.8. The summed E-state index contributed by atoms with van der Waals surface area (Å²) < 4.78 is 15.8. The summed E-state index contributed by atoms with van der Waals surface area (Å²) in [6, 6.07) is 5.05. The Morgan fingerprint density at radius 3 is 1.82 bits per heavy atom. The number of methoxy groups -OCH3 is 2. The van der Waals surface area contributed by atoms with Crippen LogP contribution in [0.2, 0.25) is 0 Å². The second-order valence-electron chi connectivity index (χ2n) is 8.71. The first-order chi connectivity index (χ1) is 15.8. The summed E-state index contributed by atoms with van der Waals surface area (Å²) in [4.78, 5) is 12.4. The van der Waals surface area contributed by atoms with Gasteiger partial charge in [-0.15, -0.1) is 0 Å². The second-order valence-corrected chi connectivity index (χ2v) is 8.71. The zero-order chi connectivity index (χ0) is 24.6. The van der Waals surface area contributed by atoms with Gasteiger partial charge in [-0.2, -0.15) is 0 Å². The number of benzene rings is 1. The monoisotopic (exact) mass is 454 g/mol. The maximum Gasteiger partial charge on any atom is 0.342 e. The molecule has 0 saturated carbocycles. The third kappa shape index (κ3) is 12.2. The average Bonchev–Trinajstić information content (AvgIpc) is 2.78. The van der Waals surface area contributed by atoms with Gasteiger partial charge in [0.25, 0.3) is 0 Å². The molecule has 182 valence electrons. The lowest BCUT2D eigenvalue weighted by molar-refractivity contribution is 0.0545. The predicted octanol–water partition coefficient (Wildman–Crippen LogP) is 8.01. The van der Waals surface area contributed by atoms with E-state index in [4.69, 9.17) is 14.2 Å². The molecule has 0 fully saturated rings. The Hall–Kier alpha value is -2.75. The quantitative estimate of drug-likeness (QED) is 0.211. The van der Waals surface area contributed by atoms with Crippen molar-refractivity contribution in [2.45, 2.75) is 73.1 Å². The lowest BCUT2D eigenvalue weighted by atomic mass is 10.0. The molecule has 0 saturated heterocycles. The van der Waals surface area contributed by atoms with Crippen molar-refractivity contribution in [3.8, 4) is 11.5 Å². The van der Waals surface area contributed by atoms with E-state index in [1.807, 2.05) is 6.08 Å². The number of rotatable bonds is 14. The fourth-order valence-corrected chi connectivity index (χ4v) is 3.29. The van der Waals surface area contributed by atoms with Gasteiger partial charge in [-0.1, -0.05) is 40.5 Å². The molecule has 0 heterocycles. The van der Waals surface area contributed by atoms with Crippen molar-refractivity contribution in [1.82, 2.24) is 0 Å². The Balaban J connectivity index is 2.38. The molecule has 0 N–H and O–H groups in total. The van der Waals surface area contributed by atoms with Crippen LogP contribution in [0.3, 0.4) is 0 Å². The normalized spacial score (nSPS) is 12.4. The largest absolute Gasteiger partial charge is 0.497 e. The molecule has 0 aliphatic rings. The van der Waals surface area contributed by atoms with E-state index in [9.17, 15) is 4.79 Å². The summed E-state index contributed by atoms with van der Waals surface area (Å²) in [5.41, 5.74) is 5.89. The third-order valence-corrected chi connectivity index (χ3v) is 5.43. The molecule has 0 radical (unpaired) electrons. The molecule has 1 rings (SSSR count). The van der Waals surface area contributed by atoms with Crippen LogP contribution >= 0.6 is 0 Å². The van der Waals surface area contributed by atoms with Gasteiger partial charge < -0.3 is 14.2 Å². The van der Waals surface area contributed by atoms with E-state index in [0.717, 1.165) is 38.5 Å². The lowest BCUT2D eigenvalue weighted by Gasteiger charge is -2.09. The van der Waals surface area contributed by atoms with Gasteiger partial charge in [-0.3, -0.25) is 0 Å². The summed E-state index contributed by atoms with van der Waals surface area (Å²) in [5.74, 6) is 0.671. The topological polar surface area (TPSA) is 44.8 Å². The van der Waals surface area contributed by atoms with Gasteiger partial charge in [0.1, 0.15) is 23.7 Å². The summed E-state index contributed by atoms with van der Waals surface area (Å²) in [5, 5.41) is 0. The second kappa shape index (κ2) is 16.0. The third-order valence-electron chi connectivity index (χ3n) is 5.43. The molecule has 0 bridgehead atoms. The van der Waals surface area contributed by atoms with Crippen molar-refractivity contribution in [1.29, 1.82) is 0 Å². The standard InChI is InChI=1S/C29H42O4/c1-22(2)11-8-12-23(3)13-9-14-24(4)15-10-16-25(5)19-20-33-29(30)27-18-17-26(31-6)21-28(27)32-7/h11,13,15,17-19,21H,8-10,12,14,16,20H2,1-7H3/b23-13+,24-15+,25-19+. The van der Waals surface area contributed by atoms with Gasteiger partial charge in [0.15, 0.2) is 0 Å². The van der Waals surface area contributed by atoms with Gasteiger partial charge in [-0.05, 0) is 91.4 Å². The maximum atomic E-state index is 12.4. The fourth-order valence-electron chi connectivity index (χ4n) is 3.29. The van der Waals surface area contributed by atoms with Crippen molar-refractivity contribution in [2.75, 3.05) is 20.8 Å². The predicted molar refractivity (Wildman–Crippen MR) is 138 cm³/mol. The van der Waals surface area contributed by atoms with E-state index < -0.39 is 5.97 Å². The molecule has 0 aliphatic heterocycles. The van der Waals surface area contributed by atoms with Crippen LogP contribution in [0.25, 0.3) is 0 Å². The van der Waals surface area contributed by atoms with Gasteiger partial charge in [0.05, 0.1) is 14.2 Å². The molecule has 0 aromatic heterocycles. The molecule has 0 spiro atoms. The van der Waals surface area contributed by atoms with E-state index in [2.05, 4.69) is 52.8 Å². The SMILES string of the molecule is COc1ccc(C(=O)OC/C=C(\C)CC/C=C(\C)CC/C=C(\C)CCC=C(C)C)c(OC)c1. The molecule has 4 nitrogen and oxygen atoms in total. The van der Waals surface area contributed by atoms with Crippen LogP contribution in [-0.2, 0) is 4.74 Å². The zero-order valence-corrected chi connectivity index (χ0v) is 21.6. The number of hydrogen-bond acceptors (Lipinski definition) is 4. The molecule has 0 atom stereocenters.